The number of likely N-dealkylation sites (tertiary alicyclic amines) is 1. The fourth-order valence-electron chi connectivity index (χ4n) is 2.04. The Morgan fingerprint density at radius 2 is 2.11 bits per heavy atom. The average Bonchev–Trinajstić information content (AvgIpc) is 2.84. The Hall–Kier alpha value is -1.07. The molecule has 0 saturated carbocycles. The van der Waals surface area contributed by atoms with Crippen molar-refractivity contribution in [1.82, 2.24) is 4.90 Å². The Balaban J connectivity index is 1.91. The van der Waals surface area contributed by atoms with Crippen LogP contribution in [0.3, 0.4) is 0 Å². The van der Waals surface area contributed by atoms with Gasteiger partial charge in [-0.05, 0) is 60.1 Å². The molecular formula is C13H16BrNO3. The number of hydrogen-bond acceptors (Lipinski definition) is 3. The first-order chi connectivity index (χ1) is 8.66. The Morgan fingerprint density at radius 1 is 1.39 bits per heavy atom. The van der Waals surface area contributed by atoms with E-state index in [0.717, 1.165) is 24.1 Å². The fourth-order valence-corrected chi connectivity index (χ4v) is 2.40. The normalized spacial score (nSPS) is 15.8. The van der Waals surface area contributed by atoms with Gasteiger partial charge in [0.25, 0.3) is 0 Å². The van der Waals surface area contributed by atoms with Crippen molar-refractivity contribution in [3.05, 3.63) is 28.2 Å². The molecule has 1 aliphatic heterocycles. The van der Waals surface area contributed by atoms with Gasteiger partial charge in [-0.2, -0.15) is 0 Å². The van der Waals surface area contributed by atoms with Gasteiger partial charge in [0.2, 0.25) is 0 Å². The van der Waals surface area contributed by atoms with E-state index in [0.29, 0.717) is 12.4 Å². The smallest absolute Gasteiger partial charge is 0.335 e. The van der Waals surface area contributed by atoms with Crippen molar-refractivity contribution >= 4 is 21.9 Å². The van der Waals surface area contributed by atoms with Crippen LogP contribution < -0.4 is 4.74 Å². The molecule has 98 valence electrons. The van der Waals surface area contributed by atoms with E-state index in [2.05, 4.69) is 20.8 Å². The van der Waals surface area contributed by atoms with Crippen LogP contribution in [0.1, 0.15) is 23.2 Å². The number of rotatable bonds is 5. The fraction of sp³-hybridized carbons (Fsp3) is 0.462. The second-order valence-corrected chi connectivity index (χ2v) is 5.20. The molecule has 0 amide bonds. The molecule has 5 heteroatoms. The number of hydrogen-bond donors (Lipinski definition) is 1. The van der Waals surface area contributed by atoms with Crippen LogP contribution in [-0.2, 0) is 0 Å². The molecule has 1 heterocycles. The Labute approximate surface area is 115 Å². The minimum atomic E-state index is -0.938. The van der Waals surface area contributed by atoms with Crippen molar-refractivity contribution in [3.63, 3.8) is 0 Å². The molecule has 0 unspecified atom stereocenters. The molecule has 0 spiro atoms. The number of halogens is 1. The molecule has 1 saturated heterocycles. The van der Waals surface area contributed by atoms with Crippen LogP contribution in [0.2, 0.25) is 0 Å². The molecule has 1 aromatic rings. The monoisotopic (exact) mass is 313 g/mol. The maximum Gasteiger partial charge on any atom is 0.335 e. The SMILES string of the molecule is O=C(O)c1ccc(Br)c(OCCN2CCCC2)c1. The van der Waals surface area contributed by atoms with Gasteiger partial charge in [0.1, 0.15) is 12.4 Å². The van der Waals surface area contributed by atoms with Crippen LogP contribution >= 0.6 is 15.9 Å². The van der Waals surface area contributed by atoms with Crippen LogP contribution in [0.5, 0.6) is 5.75 Å². The zero-order chi connectivity index (χ0) is 13.0. The van der Waals surface area contributed by atoms with Crippen molar-refractivity contribution in [1.29, 1.82) is 0 Å². The van der Waals surface area contributed by atoms with Crippen LogP contribution in [0.15, 0.2) is 22.7 Å². The summed E-state index contributed by atoms with van der Waals surface area (Å²) in [6.07, 6.45) is 2.52. The topological polar surface area (TPSA) is 49.8 Å². The van der Waals surface area contributed by atoms with Gasteiger partial charge in [-0.3, -0.25) is 4.90 Å². The predicted octanol–water partition coefficient (Wildman–Crippen LogP) is 2.62. The highest BCUT2D eigenvalue weighted by Gasteiger charge is 2.12. The van der Waals surface area contributed by atoms with E-state index >= 15 is 0 Å². The maximum absolute atomic E-state index is 10.9. The van der Waals surface area contributed by atoms with Crippen molar-refractivity contribution in [2.24, 2.45) is 0 Å². The first-order valence-electron chi connectivity index (χ1n) is 6.05. The Kier molecular flexibility index (Phi) is 4.60. The molecule has 1 aromatic carbocycles. The lowest BCUT2D eigenvalue weighted by molar-refractivity contribution is 0.0696. The Morgan fingerprint density at radius 3 is 2.78 bits per heavy atom. The number of benzene rings is 1. The van der Waals surface area contributed by atoms with Crippen LogP contribution in [-0.4, -0.2) is 42.2 Å². The number of aromatic carboxylic acids is 1. The Bertz CT molecular complexity index is 430. The molecule has 1 N–H and O–H groups in total. The molecule has 1 aliphatic rings. The third-order valence-electron chi connectivity index (χ3n) is 3.04. The average molecular weight is 314 g/mol. The number of carboxylic acids is 1. The molecule has 0 bridgehead atoms. The minimum absolute atomic E-state index is 0.245. The third kappa shape index (κ3) is 3.46. The molecule has 0 atom stereocenters. The molecule has 0 aliphatic carbocycles. The predicted molar refractivity (Wildman–Crippen MR) is 72.3 cm³/mol. The van der Waals surface area contributed by atoms with E-state index in [1.54, 1.807) is 18.2 Å². The second-order valence-electron chi connectivity index (χ2n) is 4.35. The summed E-state index contributed by atoms with van der Waals surface area (Å²) in [4.78, 5) is 13.2. The van der Waals surface area contributed by atoms with E-state index in [4.69, 9.17) is 9.84 Å². The van der Waals surface area contributed by atoms with Gasteiger partial charge in [-0.15, -0.1) is 0 Å². The van der Waals surface area contributed by atoms with Crippen molar-refractivity contribution < 1.29 is 14.6 Å². The lowest BCUT2D eigenvalue weighted by Crippen LogP contribution is -2.25. The highest BCUT2D eigenvalue weighted by Crippen LogP contribution is 2.26. The van der Waals surface area contributed by atoms with E-state index in [1.165, 1.54) is 12.8 Å². The highest BCUT2D eigenvalue weighted by atomic mass is 79.9. The third-order valence-corrected chi connectivity index (χ3v) is 3.70. The quantitative estimate of drug-likeness (QED) is 0.908. The van der Waals surface area contributed by atoms with Crippen molar-refractivity contribution in [2.45, 2.75) is 12.8 Å². The summed E-state index contributed by atoms with van der Waals surface area (Å²) in [6.45, 7) is 3.75. The van der Waals surface area contributed by atoms with Gasteiger partial charge in [-0.1, -0.05) is 0 Å². The summed E-state index contributed by atoms with van der Waals surface area (Å²) in [7, 11) is 0. The molecule has 4 nitrogen and oxygen atoms in total. The summed E-state index contributed by atoms with van der Waals surface area (Å²) < 4.78 is 6.42. The molecule has 0 radical (unpaired) electrons. The summed E-state index contributed by atoms with van der Waals surface area (Å²) >= 11 is 3.36. The van der Waals surface area contributed by atoms with Gasteiger partial charge >= 0.3 is 5.97 Å². The van der Waals surface area contributed by atoms with Gasteiger partial charge in [0.05, 0.1) is 10.0 Å². The first kappa shape index (κ1) is 13.4. The summed E-state index contributed by atoms with van der Waals surface area (Å²) in [5, 5.41) is 8.92. The van der Waals surface area contributed by atoms with Gasteiger partial charge in [0, 0.05) is 6.54 Å². The number of carboxylic acid groups (broad SMARTS) is 1. The van der Waals surface area contributed by atoms with E-state index in [-0.39, 0.29) is 5.56 Å². The van der Waals surface area contributed by atoms with E-state index in [9.17, 15) is 4.79 Å². The van der Waals surface area contributed by atoms with Gasteiger partial charge < -0.3 is 9.84 Å². The lowest BCUT2D eigenvalue weighted by atomic mass is 10.2. The molecule has 2 rings (SSSR count). The molecule has 1 fully saturated rings. The lowest BCUT2D eigenvalue weighted by Gasteiger charge is -2.15. The maximum atomic E-state index is 10.9. The number of ether oxygens (including phenoxy) is 1. The van der Waals surface area contributed by atoms with Crippen molar-refractivity contribution in [3.8, 4) is 5.75 Å². The van der Waals surface area contributed by atoms with Gasteiger partial charge in [0.15, 0.2) is 0 Å². The van der Waals surface area contributed by atoms with E-state index < -0.39 is 5.97 Å². The summed E-state index contributed by atoms with van der Waals surface area (Å²) in [5.41, 5.74) is 0.245. The zero-order valence-corrected chi connectivity index (χ0v) is 11.6. The first-order valence-corrected chi connectivity index (χ1v) is 6.84. The number of carbonyl (C=O) groups is 1. The van der Waals surface area contributed by atoms with E-state index in [1.807, 2.05) is 0 Å². The number of nitrogens with zero attached hydrogens (tertiary/aromatic N) is 1. The van der Waals surface area contributed by atoms with Crippen molar-refractivity contribution in [2.75, 3.05) is 26.2 Å². The summed E-state index contributed by atoms with van der Waals surface area (Å²) in [5.74, 6) is -0.346. The largest absolute Gasteiger partial charge is 0.491 e. The molecule has 18 heavy (non-hydrogen) atoms. The van der Waals surface area contributed by atoms with Crippen LogP contribution in [0.4, 0.5) is 0 Å². The molecular weight excluding hydrogens is 298 g/mol. The van der Waals surface area contributed by atoms with Crippen LogP contribution in [0.25, 0.3) is 0 Å². The zero-order valence-electron chi connectivity index (χ0n) is 10.1. The van der Waals surface area contributed by atoms with Gasteiger partial charge in [-0.25, -0.2) is 4.79 Å². The standard InChI is InChI=1S/C13H16BrNO3/c14-11-4-3-10(13(16)17)9-12(11)18-8-7-15-5-1-2-6-15/h3-4,9H,1-2,5-8H2,(H,16,17). The second kappa shape index (κ2) is 6.20. The summed E-state index contributed by atoms with van der Waals surface area (Å²) in [6, 6.07) is 4.81. The highest BCUT2D eigenvalue weighted by molar-refractivity contribution is 9.10. The minimum Gasteiger partial charge on any atom is -0.491 e. The molecule has 0 aromatic heterocycles. The van der Waals surface area contributed by atoms with Crippen LogP contribution in [0, 0.1) is 0 Å².